The van der Waals surface area contributed by atoms with Crippen LogP contribution in [0.1, 0.15) is 142 Å². The van der Waals surface area contributed by atoms with Crippen LogP contribution in [0, 0.1) is 0 Å². The molecule has 31 heavy (non-hydrogen) atoms. The molecule has 0 amide bonds. The second-order valence-corrected chi connectivity index (χ2v) is 10.7. The van der Waals surface area contributed by atoms with E-state index < -0.39 is 0 Å². The van der Waals surface area contributed by atoms with E-state index >= 15 is 0 Å². The number of aliphatic imine (C=N–C) groups is 1. The van der Waals surface area contributed by atoms with E-state index in [1.807, 2.05) is 0 Å². The first-order chi connectivity index (χ1) is 15.2. The van der Waals surface area contributed by atoms with Crippen LogP contribution in [0.25, 0.3) is 0 Å². The Morgan fingerprint density at radius 3 is 1.61 bits per heavy atom. The molecule has 2 atom stereocenters. The lowest BCUT2D eigenvalue weighted by Gasteiger charge is -2.23. The maximum absolute atomic E-state index is 10.6. The molecule has 1 aliphatic rings. The van der Waals surface area contributed by atoms with Crippen LogP contribution in [0.4, 0.5) is 0 Å². The molecular formula is C27H53BrN2O. The zero-order valence-electron chi connectivity index (χ0n) is 20.9. The molecule has 0 saturated carbocycles. The van der Waals surface area contributed by atoms with Crippen molar-refractivity contribution in [2.24, 2.45) is 4.99 Å². The Balaban J connectivity index is 1.86. The summed E-state index contributed by atoms with van der Waals surface area (Å²) in [7, 11) is 0. The Hall–Kier alpha value is -0.0900. The summed E-state index contributed by atoms with van der Waals surface area (Å²) in [6.45, 7) is 6.44. The average molecular weight is 502 g/mol. The van der Waals surface area contributed by atoms with Crippen molar-refractivity contribution in [2.45, 2.75) is 153 Å². The van der Waals surface area contributed by atoms with E-state index in [-0.39, 0.29) is 11.1 Å². The van der Waals surface area contributed by atoms with Crippen molar-refractivity contribution >= 4 is 21.8 Å². The summed E-state index contributed by atoms with van der Waals surface area (Å²) in [5, 5.41) is 10.6. The zero-order chi connectivity index (χ0) is 22.6. The zero-order valence-corrected chi connectivity index (χ0v) is 22.5. The van der Waals surface area contributed by atoms with Gasteiger partial charge in [0.25, 0.3) is 0 Å². The molecule has 0 bridgehead atoms. The molecule has 1 heterocycles. The molecule has 3 nitrogen and oxygen atoms in total. The quantitative estimate of drug-likeness (QED) is 0.0915. The normalized spacial score (nSPS) is 17.4. The van der Waals surface area contributed by atoms with Crippen LogP contribution in [-0.2, 0) is 0 Å². The largest absolute Gasteiger partial charge is 0.385 e. The van der Waals surface area contributed by atoms with Gasteiger partial charge in [-0.1, -0.05) is 145 Å². The summed E-state index contributed by atoms with van der Waals surface area (Å²) in [6, 6.07) is 0. The van der Waals surface area contributed by atoms with Crippen LogP contribution in [0.5, 0.6) is 0 Å². The lowest BCUT2D eigenvalue weighted by Crippen LogP contribution is -2.37. The van der Waals surface area contributed by atoms with Gasteiger partial charge in [0.15, 0.2) is 0 Å². The summed E-state index contributed by atoms with van der Waals surface area (Å²) in [5.41, 5.74) is 0. The third kappa shape index (κ3) is 15.4. The van der Waals surface area contributed by atoms with Gasteiger partial charge in [0.1, 0.15) is 16.9 Å². The third-order valence-corrected chi connectivity index (χ3v) is 7.12. The highest BCUT2D eigenvalue weighted by atomic mass is 79.9. The van der Waals surface area contributed by atoms with Gasteiger partial charge < -0.3 is 10.0 Å². The molecule has 0 aromatic heterocycles. The molecule has 0 aromatic carbocycles. The van der Waals surface area contributed by atoms with Gasteiger partial charge in [-0.05, 0) is 12.8 Å². The highest BCUT2D eigenvalue weighted by Gasteiger charge is 2.27. The number of unbranched alkanes of at least 4 members (excludes halogenated alkanes) is 17. The van der Waals surface area contributed by atoms with E-state index in [0.29, 0.717) is 0 Å². The summed E-state index contributed by atoms with van der Waals surface area (Å²) >= 11 is 3.59. The molecule has 0 aliphatic carbocycles. The highest BCUT2D eigenvalue weighted by molar-refractivity contribution is 9.09. The van der Waals surface area contributed by atoms with E-state index in [4.69, 9.17) is 0 Å². The van der Waals surface area contributed by atoms with Gasteiger partial charge in [-0.3, -0.25) is 4.99 Å². The smallest absolute Gasteiger partial charge is 0.129 e. The number of hydrogen-bond donors (Lipinski definition) is 1. The summed E-state index contributed by atoms with van der Waals surface area (Å²) < 4.78 is 0. The number of aliphatic hydroxyl groups is 1. The van der Waals surface area contributed by atoms with Gasteiger partial charge in [-0.2, -0.15) is 0 Å². The first-order valence-corrected chi connectivity index (χ1v) is 14.7. The number of halogens is 1. The summed E-state index contributed by atoms with van der Waals surface area (Å²) in [6.07, 6.45) is 26.5. The summed E-state index contributed by atoms with van der Waals surface area (Å²) in [4.78, 5) is 7.06. The van der Waals surface area contributed by atoms with Gasteiger partial charge in [-0.15, -0.1) is 0 Å². The maximum atomic E-state index is 10.6. The van der Waals surface area contributed by atoms with Crippen LogP contribution in [0.2, 0.25) is 0 Å². The fourth-order valence-electron chi connectivity index (χ4n) is 4.58. The Labute approximate surface area is 203 Å². The number of aliphatic hydroxyl groups excluding tert-OH is 1. The van der Waals surface area contributed by atoms with E-state index in [9.17, 15) is 5.11 Å². The Bertz CT molecular complexity index is 429. The van der Waals surface area contributed by atoms with Crippen LogP contribution in [0.3, 0.4) is 0 Å². The lowest BCUT2D eigenvalue weighted by atomic mass is 10.0. The molecule has 0 spiro atoms. The molecular weight excluding hydrogens is 448 g/mol. The molecule has 0 saturated heterocycles. The first-order valence-electron chi connectivity index (χ1n) is 13.8. The fourth-order valence-corrected chi connectivity index (χ4v) is 5.14. The Kier molecular flexibility index (Phi) is 19.2. The molecule has 1 N–H and O–H groups in total. The van der Waals surface area contributed by atoms with Crippen molar-refractivity contribution in [1.29, 1.82) is 0 Å². The SMILES string of the molecule is CCCCCCCCCCCCCCCCCCCC(O)C1=NC(Br)CN1CCCC. The first kappa shape index (κ1) is 28.9. The molecule has 1 aliphatic heterocycles. The van der Waals surface area contributed by atoms with E-state index in [1.54, 1.807) is 0 Å². The fraction of sp³-hybridized carbons (Fsp3) is 0.963. The minimum absolute atomic E-state index is 0.157. The molecule has 0 fully saturated rings. The number of amidine groups is 1. The van der Waals surface area contributed by atoms with Crippen molar-refractivity contribution < 1.29 is 5.11 Å². The Morgan fingerprint density at radius 2 is 1.16 bits per heavy atom. The van der Waals surface area contributed by atoms with Crippen molar-refractivity contribution in [3.05, 3.63) is 0 Å². The number of alkyl halides is 1. The minimum atomic E-state index is -0.379. The predicted molar refractivity (Wildman–Crippen MR) is 141 cm³/mol. The van der Waals surface area contributed by atoms with Gasteiger partial charge in [0.05, 0.1) is 6.54 Å². The van der Waals surface area contributed by atoms with Crippen molar-refractivity contribution in [3.63, 3.8) is 0 Å². The van der Waals surface area contributed by atoms with Gasteiger partial charge >= 0.3 is 0 Å². The molecule has 4 heteroatoms. The molecule has 184 valence electrons. The van der Waals surface area contributed by atoms with E-state index in [2.05, 4.69) is 39.7 Å². The second-order valence-electron chi connectivity index (χ2n) is 9.68. The van der Waals surface area contributed by atoms with Gasteiger partial charge in [0, 0.05) is 6.54 Å². The van der Waals surface area contributed by atoms with Crippen LogP contribution < -0.4 is 0 Å². The highest BCUT2D eigenvalue weighted by Crippen LogP contribution is 2.20. The molecule has 1 rings (SSSR count). The topological polar surface area (TPSA) is 35.8 Å². The Morgan fingerprint density at radius 1 is 0.742 bits per heavy atom. The van der Waals surface area contributed by atoms with Gasteiger partial charge in [-0.25, -0.2) is 0 Å². The lowest BCUT2D eigenvalue weighted by molar-refractivity contribution is 0.208. The van der Waals surface area contributed by atoms with Crippen LogP contribution in [-0.4, -0.2) is 40.0 Å². The molecule has 0 aromatic rings. The van der Waals surface area contributed by atoms with Crippen LogP contribution >= 0.6 is 15.9 Å². The van der Waals surface area contributed by atoms with Crippen molar-refractivity contribution in [2.75, 3.05) is 13.1 Å². The predicted octanol–water partition coefficient (Wildman–Crippen LogP) is 8.62. The van der Waals surface area contributed by atoms with Crippen molar-refractivity contribution in [1.82, 2.24) is 4.90 Å². The second kappa shape index (κ2) is 20.5. The van der Waals surface area contributed by atoms with E-state index in [1.165, 1.54) is 116 Å². The van der Waals surface area contributed by atoms with E-state index in [0.717, 1.165) is 31.8 Å². The molecule has 2 unspecified atom stereocenters. The monoisotopic (exact) mass is 500 g/mol. The summed E-state index contributed by atoms with van der Waals surface area (Å²) in [5.74, 6) is 0.923. The average Bonchev–Trinajstić information content (AvgIpc) is 3.14. The number of nitrogens with zero attached hydrogens (tertiary/aromatic N) is 2. The minimum Gasteiger partial charge on any atom is -0.385 e. The third-order valence-electron chi connectivity index (χ3n) is 6.63. The van der Waals surface area contributed by atoms with Gasteiger partial charge in [0.2, 0.25) is 0 Å². The number of hydrogen-bond acceptors (Lipinski definition) is 3. The number of rotatable bonds is 22. The maximum Gasteiger partial charge on any atom is 0.129 e. The van der Waals surface area contributed by atoms with Crippen molar-refractivity contribution in [3.8, 4) is 0 Å². The molecule has 0 radical (unpaired) electrons. The van der Waals surface area contributed by atoms with Crippen LogP contribution in [0.15, 0.2) is 4.99 Å². The standard InChI is InChI=1S/C27H53BrN2O/c1-3-5-7-8-9-10-11-12-13-14-15-16-17-18-19-20-21-22-25(31)27-29-26(28)24-30(27)23-6-4-2/h25-26,31H,3-24H2,1-2H3.